The molecular weight excluding hydrogens is 182 g/mol. The molecule has 0 aliphatic carbocycles. The number of carbonyl (C=O) groups is 1. The van der Waals surface area contributed by atoms with Crippen LogP contribution in [0.2, 0.25) is 0 Å². The Bertz CT molecular complexity index is 374. The van der Waals surface area contributed by atoms with Crippen LogP contribution in [0.1, 0.15) is 22.0 Å². The fourth-order valence-electron chi connectivity index (χ4n) is 0.961. The monoisotopic (exact) mass is 193 g/mol. The predicted octanol–water partition coefficient (Wildman–Crippen LogP) is 0.501. The third kappa shape index (κ3) is 2.29. The van der Waals surface area contributed by atoms with Gasteiger partial charge in [-0.15, -0.1) is 0 Å². The van der Waals surface area contributed by atoms with E-state index in [1.165, 1.54) is 19.4 Å². The highest BCUT2D eigenvalue weighted by molar-refractivity contribution is 5.87. The quantitative estimate of drug-likeness (QED) is 0.692. The molecule has 0 fully saturated rings. The van der Waals surface area contributed by atoms with Crippen molar-refractivity contribution in [2.75, 3.05) is 7.11 Å². The summed E-state index contributed by atoms with van der Waals surface area (Å²) in [6.45, 7) is 1.77. The zero-order chi connectivity index (χ0) is 10.6. The van der Waals surface area contributed by atoms with E-state index >= 15 is 0 Å². The van der Waals surface area contributed by atoms with Crippen LogP contribution >= 0.6 is 0 Å². The van der Waals surface area contributed by atoms with Gasteiger partial charge < -0.3 is 10.5 Å². The molecule has 14 heavy (non-hydrogen) atoms. The van der Waals surface area contributed by atoms with E-state index < -0.39 is 5.97 Å². The molecule has 0 aromatic carbocycles. The topological polar surface area (TPSA) is 78.1 Å². The molecule has 1 aromatic heterocycles. The van der Waals surface area contributed by atoms with E-state index in [-0.39, 0.29) is 5.69 Å². The van der Waals surface area contributed by atoms with Gasteiger partial charge in [0.25, 0.3) is 0 Å². The molecule has 0 aliphatic rings. The SMILES string of the molecule is COC(=O)c1cc(C)nc(C=CN)n1. The van der Waals surface area contributed by atoms with Gasteiger partial charge in [-0.25, -0.2) is 14.8 Å². The van der Waals surface area contributed by atoms with Crippen LogP contribution in [0.3, 0.4) is 0 Å². The highest BCUT2D eigenvalue weighted by Crippen LogP contribution is 2.03. The Balaban J connectivity index is 3.13. The minimum absolute atomic E-state index is 0.230. The Hall–Kier alpha value is -1.91. The smallest absolute Gasteiger partial charge is 0.356 e. The van der Waals surface area contributed by atoms with Gasteiger partial charge in [-0.2, -0.15) is 0 Å². The van der Waals surface area contributed by atoms with E-state index in [4.69, 9.17) is 5.73 Å². The van der Waals surface area contributed by atoms with Crippen molar-refractivity contribution < 1.29 is 9.53 Å². The van der Waals surface area contributed by atoms with Gasteiger partial charge in [0.1, 0.15) is 0 Å². The first-order valence-corrected chi connectivity index (χ1v) is 3.99. The minimum Gasteiger partial charge on any atom is -0.464 e. The highest BCUT2D eigenvalue weighted by Gasteiger charge is 2.08. The van der Waals surface area contributed by atoms with Crippen molar-refractivity contribution in [2.24, 2.45) is 5.73 Å². The number of hydrogen-bond acceptors (Lipinski definition) is 5. The molecule has 74 valence electrons. The Kier molecular flexibility index (Phi) is 3.17. The van der Waals surface area contributed by atoms with Crippen LogP contribution in [0.15, 0.2) is 12.3 Å². The average Bonchev–Trinajstić information content (AvgIpc) is 2.16. The Labute approximate surface area is 81.6 Å². The first kappa shape index (κ1) is 10.2. The second-order valence-corrected chi connectivity index (χ2v) is 2.60. The molecule has 0 atom stereocenters. The lowest BCUT2D eigenvalue weighted by molar-refractivity contribution is 0.0593. The molecule has 2 N–H and O–H groups in total. The second kappa shape index (κ2) is 4.36. The summed E-state index contributed by atoms with van der Waals surface area (Å²) in [7, 11) is 1.30. The van der Waals surface area contributed by atoms with Gasteiger partial charge in [-0.05, 0) is 25.3 Å². The molecule has 0 saturated heterocycles. The number of ether oxygens (including phenoxy) is 1. The number of nitrogens with two attached hydrogens (primary N) is 1. The van der Waals surface area contributed by atoms with Crippen molar-refractivity contribution in [3.8, 4) is 0 Å². The van der Waals surface area contributed by atoms with Gasteiger partial charge in [-0.1, -0.05) is 0 Å². The Morgan fingerprint density at radius 3 is 2.86 bits per heavy atom. The van der Waals surface area contributed by atoms with Crippen LogP contribution in [-0.4, -0.2) is 23.0 Å². The maximum atomic E-state index is 11.2. The molecule has 0 bridgehead atoms. The number of aryl methyl sites for hydroxylation is 1. The summed E-state index contributed by atoms with van der Waals surface area (Å²) in [6.07, 6.45) is 2.83. The molecule has 0 amide bonds. The molecule has 0 aliphatic heterocycles. The lowest BCUT2D eigenvalue weighted by Crippen LogP contribution is -2.07. The predicted molar refractivity (Wildman–Crippen MR) is 51.3 cm³/mol. The normalized spacial score (nSPS) is 10.4. The van der Waals surface area contributed by atoms with Crippen molar-refractivity contribution in [2.45, 2.75) is 6.92 Å². The summed E-state index contributed by atoms with van der Waals surface area (Å²) < 4.78 is 4.54. The summed E-state index contributed by atoms with van der Waals surface area (Å²) in [5, 5.41) is 0. The summed E-state index contributed by atoms with van der Waals surface area (Å²) in [5.41, 5.74) is 6.11. The first-order valence-electron chi connectivity index (χ1n) is 3.99. The maximum absolute atomic E-state index is 11.2. The molecule has 0 unspecified atom stereocenters. The van der Waals surface area contributed by atoms with Crippen molar-refractivity contribution in [1.29, 1.82) is 0 Å². The van der Waals surface area contributed by atoms with E-state index in [0.717, 1.165) is 0 Å². The Morgan fingerprint density at radius 2 is 2.29 bits per heavy atom. The largest absolute Gasteiger partial charge is 0.464 e. The fourth-order valence-corrected chi connectivity index (χ4v) is 0.961. The van der Waals surface area contributed by atoms with Crippen LogP contribution in [0, 0.1) is 6.92 Å². The summed E-state index contributed by atoms with van der Waals surface area (Å²) in [4.78, 5) is 19.2. The molecule has 1 aromatic rings. The maximum Gasteiger partial charge on any atom is 0.356 e. The third-order valence-electron chi connectivity index (χ3n) is 1.51. The van der Waals surface area contributed by atoms with Crippen LogP contribution in [0.5, 0.6) is 0 Å². The van der Waals surface area contributed by atoms with Crippen molar-refractivity contribution in [1.82, 2.24) is 9.97 Å². The lowest BCUT2D eigenvalue weighted by Gasteiger charge is -2.00. The molecule has 0 spiro atoms. The summed E-state index contributed by atoms with van der Waals surface area (Å²) >= 11 is 0. The number of rotatable bonds is 2. The average molecular weight is 193 g/mol. The van der Waals surface area contributed by atoms with Crippen molar-refractivity contribution in [3.63, 3.8) is 0 Å². The van der Waals surface area contributed by atoms with E-state index in [9.17, 15) is 4.79 Å². The second-order valence-electron chi connectivity index (χ2n) is 2.60. The molecule has 0 radical (unpaired) electrons. The summed E-state index contributed by atoms with van der Waals surface area (Å²) in [6, 6.07) is 1.56. The standard InChI is InChI=1S/C9H11N3O2/c1-6-5-7(9(13)14-2)12-8(11-6)3-4-10/h3-5H,10H2,1-2H3. The van der Waals surface area contributed by atoms with Gasteiger partial charge in [0.15, 0.2) is 11.5 Å². The van der Waals surface area contributed by atoms with E-state index in [0.29, 0.717) is 11.5 Å². The van der Waals surface area contributed by atoms with Crippen LogP contribution in [0.4, 0.5) is 0 Å². The van der Waals surface area contributed by atoms with Gasteiger partial charge in [-0.3, -0.25) is 0 Å². The number of nitrogens with zero attached hydrogens (tertiary/aromatic N) is 2. The van der Waals surface area contributed by atoms with E-state index in [1.807, 2.05) is 0 Å². The Morgan fingerprint density at radius 1 is 1.57 bits per heavy atom. The van der Waals surface area contributed by atoms with Crippen LogP contribution < -0.4 is 5.73 Å². The first-order chi connectivity index (χ1) is 6.67. The third-order valence-corrected chi connectivity index (χ3v) is 1.51. The number of esters is 1. The van der Waals surface area contributed by atoms with Gasteiger partial charge in [0, 0.05) is 5.69 Å². The van der Waals surface area contributed by atoms with E-state index in [2.05, 4.69) is 14.7 Å². The number of hydrogen-bond donors (Lipinski definition) is 1. The number of methoxy groups -OCH3 is 1. The van der Waals surface area contributed by atoms with E-state index in [1.54, 1.807) is 13.0 Å². The molecule has 0 saturated carbocycles. The zero-order valence-corrected chi connectivity index (χ0v) is 8.02. The lowest BCUT2D eigenvalue weighted by atomic mass is 10.3. The number of aromatic nitrogens is 2. The van der Waals surface area contributed by atoms with Gasteiger partial charge >= 0.3 is 5.97 Å². The van der Waals surface area contributed by atoms with Crippen LogP contribution in [0.25, 0.3) is 6.08 Å². The zero-order valence-electron chi connectivity index (χ0n) is 8.02. The molecule has 1 rings (SSSR count). The molecule has 5 nitrogen and oxygen atoms in total. The van der Waals surface area contributed by atoms with Gasteiger partial charge in [0.2, 0.25) is 0 Å². The summed E-state index contributed by atoms with van der Waals surface area (Å²) in [5.74, 6) is -0.0879. The molecule has 5 heteroatoms. The van der Waals surface area contributed by atoms with Gasteiger partial charge in [0.05, 0.1) is 7.11 Å². The highest BCUT2D eigenvalue weighted by atomic mass is 16.5. The molecular formula is C9H11N3O2. The van der Waals surface area contributed by atoms with Crippen LogP contribution in [-0.2, 0) is 4.74 Å². The minimum atomic E-state index is -0.484. The molecule has 1 heterocycles. The van der Waals surface area contributed by atoms with Crippen molar-refractivity contribution in [3.05, 3.63) is 29.5 Å². The van der Waals surface area contributed by atoms with Crippen molar-refractivity contribution >= 4 is 12.0 Å². The number of carbonyl (C=O) groups excluding carboxylic acids is 1. The fraction of sp³-hybridized carbons (Fsp3) is 0.222.